The molecule has 3 saturated heterocycles. The van der Waals surface area contributed by atoms with Crippen LogP contribution in [0.15, 0.2) is 156 Å². The Morgan fingerprint density at radius 2 is 1.01 bits per heavy atom. The van der Waals surface area contributed by atoms with Gasteiger partial charge in [0.15, 0.2) is 33.3 Å². The minimum atomic E-state index is -4.53. The van der Waals surface area contributed by atoms with Gasteiger partial charge in [0.25, 0.3) is 23.7 Å². The van der Waals surface area contributed by atoms with E-state index in [1.165, 1.54) is 94.0 Å². The highest BCUT2D eigenvalue weighted by Crippen LogP contribution is 2.47. The van der Waals surface area contributed by atoms with Crippen LogP contribution in [0.1, 0.15) is 241 Å². The number of anilines is 4. The largest absolute Gasteiger partial charge is 0.496 e. The van der Waals surface area contributed by atoms with E-state index < -0.39 is 29.6 Å². The first-order chi connectivity index (χ1) is 72.2. The van der Waals surface area contributed by atoms with Crippen molar-refractivity contribution in [2.24, 2.45) is 0 Å². The van der Waals surface area contributed by atoms with Crippen molar-refractivity contribution >= 4 is 116 Å². The Morgan fingerprint density at radius 1 is 0.530 bits per heavy atom. The highest BCUT2D eigenvalue weighted by molar-refractivity contribution is 7.14. The zero-order chi connectivity index (χ0) is 105. The highest BCUT2D eigenvalue weighted by atomic mass is 35.5. The first-order valence-electron chi connectivity index (χ1n) is 51.5. The molecule has 43 heteroatoms. The molecule has 0 spiro atoms. The number of piperidine rings is 3. The van der Waals surface area contributed by atoms with Crippen molar-refractivity contribution in [3.05, 3.63) is 194 Å². The predicted octanol–water partition coefficient (Wildman–Crippen LogP) is 21.7. The third kappa shape index (κ3) is 29.3. The van der Waals surface area contributed by atoms with Gasteiger partial charge in [0.05, 0.1) is 90.4 Å². The molecule has 7 aliphatic rings. The van der Waals surface area contributed by atoms with Crippen LogP contribution >= 0.6 is 57.2 Å². The SMILES string of the molecule is CN(C(=O)C[C@H](CCN1CCCC(F)(F)C1)N(C=O)c1cc(-c2ccccc2Cl)n(C2CCCC2)n1)c1nccs1.COc1cccc(OC)c1-c1cc(C(=O)N[C@@H](CCN2CCCCC2)Cc2nccs2)nn1C1CCCC1.O=C(N[C@@H](CCN1CCCC(F)(F)C1)Cc1ncn[nH]1)c1cc(-c2ccccc2Cl)n(C2CCCC2)n1.O=CN(CCC(=O)Nc1nccs1)c1cc(-c2ccccc2C(F)(F)F)n(C2CCCC2)n1. The lowest BCUT2D eigenvalue weighted by molar-refractivity contribution is -0.137. The van der Waals surface area contributed by atoms with Crippen LogP contribution in [0.2, 0.25) is 10.0 Å². The number of amides is 6. The van der Waals surface area contributed by atoms with Crippen molar-refractivity contribution in [1.29, 1.82) is 0 Å². The molecular formula is C106H128Cl2F7N23O8S3. The van der Waals surface area contributed by atoms with E-state index in [-0.39, 0.29) is 117 Å². The molecular weight excluding hydrogens is 2020 g/mol. The summed E-state index contributed by atoms with van der Waals surface area (Å²) in [7, 11) is 4.97. The van der Waals surface area contributed by atoms with Crippen LogP contribution in [0.5, 0.6) is 11.5 Å². The maximum atomic E-state index is 14.1. The van der Waals surface area contributed by atoms with Gasteiger partial charge >= 0.3 is 6.18 Å². The molecule has 0 bridgehead atoms. The van der Waals surface area contributed by atoms with Gasteiger partial charge in [-0.15, -0.1) is 34.0 Å². The number of carbonyl (C=O) groups is 6. The quantitative estimate of drug-likeness (QED) is 0.0205. The fraction of sp³-hybridized carbons (Fsp3) is 0.500. The minimum absolute atomic E-state index is 0.00321. The zero-order valence-corrected chi connectivity index (χ0v) is 87.8. The molecule has 4 N–H and O–H groups in total. The van der Waals surface area contributed by atoms with E-state index in [9.17, 15) is 59.5 Å². The molecule has 19 rings (SSSR count). The summed E-state index contributed by atoms with van der Waals surface area (Å²) in [5.74, 6) is -3.72. The lowest BCUT2D eigenvalue weighted by Gasteiger charge is -2.34. The van der Waals surface area contributed by atoms with Crippen molar-refractivity contribution in [2.45, 2.75) is 253 Å². The summed E-state index contributed by atoms with van der Waals surface area (Å²) < 4.78 is 116. The number of rotatable bonds is 39. The first-order valence-corrected chi connectivity index (χ1v) is 54.9. The van der Waals surface area contributed by atoms with E-state index in [1.807, 2.05) is 104 Å². The molecule has 7 fully saturated rings. The number of nitrogens with one attached hydrogen (secondary N) is 4. The van der Waals surface area contributed by atoms with E-state index in [4.69, 9.17) is 48.0 Å². The van der Waals surface area contributed by atoms with E-state index in [0.29, 0.717) is 132 Å². The van der Waals surface area contributed by atoms with Gasteiger partial charge in [0, 0.05) is 163 Å². The number of aromatic nitrogens is 14. The van der Waals surface area contributed by atoms with Gasteiger partial charge in [-0.25, -0.2) is 37.5 Å². The van der Waals surface area contributed by atoms with Crippen molar-refractivity contribution in [2.75, 3.05) is 107 Å². The van der Waals surface area contributed by atoms with Crippen LogP contribution < -0.4 is 40.1 Å². The highest BCUT2D eigenvalue weighted by Gasteiger charge is 2.41. The number of carbonyl (C=O) groups excluding carboxylic acids is 6. The number of hydrogen-bond donors (Lipinski definition) is 4. The van der Waals surface area contributed by atoms with Crippen LogP contribution in [0.4, 0.5) is 52.6 Å². The first kappa shape index (κ1) is 110. The Balaban J connectivity index is 0.000000142. The summed E-state index contributed by atoms with van der Waals surface area (Å²) in [6.07, 6.45) is 26.9. The third-order valence-electron chi connectivity index (χ3n) is 28.7. The second-order valence-electron chi connectivity index (χ2n) is 39.1. The third-order valence-corrected chi connectivity index (χ3v) is 31.7. The van der Waals surface area contributed by atoms with E-state index in [1.54, 1.807) is 82.4 Å². The molecule has 6 amide bonds. The van der Waals surface area contributed by atoms with Gasteiger partial charge in [-0.2, -0.15) is 38.7 Å². The monoisotopic (exact) mass is 2150 g/mol. The molecule has 4 aliphatic carbocycles. The van der Waals surface area contributed by atoms with E-state index in [2.05, 4.69) is 56.1 Å². The molecule has 4 aromatic carbocycles. The summed E-state index contributed by atoms with van der Waals surface area (Å²) in [5, 5.41) is 43.5. The van der Waals surface area contributed by atoms with Gasteiger partial charge in [-0.1, -0.05) is 142 Å². The maximum Gasteiger partial charge on any atom is 0.417 e. The molecule has 12 aromatic rings. The van der Waals surface area contributed by atoms with Gasteiger partial charge in [-0.3, -0.25) is 77.1 Å². The van der Waals surface area contributed by atoms with E-state index in [0.717, 1.165) is 167 Å². The number of benzene rings is 4. The summed E-state index contributed by atoms with van der Waals surface area (Å²) in [4.78, 5) is 104. The fourth-order valence-corrected chi connectivity index (χ4v) is 23.4. The average molecular weight is 2150 g/mol. The maximum absolute atomic E-state index is 14.1. The number of ether oxygens (including phenoxy) is 2. The number of aromatic amines is 1. The average Bonchev–Trinajstić information content (AvgIpc) is 1.49. The Bertz CT molecular complexity index is 6300. The van der Waals surface area contributed by atoms with Gasteiger partial charge < -0.3 is 30.3 Å². The number of H-pyrrole nitrogens is 1. The summed E-state index contributed by atoms with van der Waals surface area (Å²) in [5.41, 5.74) is 5.31. The minimum Gasteiger partial charge on any atom is -0.496 e. The van der Waals surface area contributed by atoms with Crippen LogP contribution in [0.3, 0.4) is 0 Å². The van der Waals surface area contributed by atoms with Crippen LogP contribution in [0, 0.1) is 0 Å². The Morgan fingerprint density at radius 3 is 1.52 bits per heavy atom. The standard InChI is InChI=1S/C29H35ClF2N6O2S.C29H39N5O3S.C26H32ClF2N7O.C22H22F3N5O2S/c1-35(28-33-13-16-41-28)27(40)17-22(11-15-36-14-6-12-29(31,32)19-36)37(20-39)26-18-25(23-9-4-5-10-24(23)30)38(34-26)21-7-2-3-8-21;1-36-25-11-8-12-26(37-2)28(25)24-20-23(32-34(24)22-9-4-5-10-22)29(35)31-21(19-27-30-14-18-38-27)13-17-33-15-6-3-7-16-33;27-21-9-4-3-8-20(21)23-15-22(34-36(23)19-6-1-2-7-19)25(37)32-18(14-24-30-17-31-33-24)10-13-35-12-5-11-26(28,29)16-35;23-22(24,25)17-8-4-3-7-16(17)18-13-19(28-30(18)15-5-1-2-6-15)29(14-31)11-9-20(32)27-21-26-10-12-33-21/h4-5,9-10,13,16,18,20-22H,2-3,6-8,11-12,14-15,17,19H2,1H3;8,11-12,14,18,20-22H,3-7,9-10,13,15-17,19H2,1-2H3,(H,31,35);3-4,8-9,15,17-19H,1-2,5-7,10-14,16H2,(H,32,37)(H,30,31,33);3-4,7-8,10,12-15H,1-2,5-6,9,11H2,(H,26,27,32)/t22-;21-;18-;/m000./s1. The second kappa shape index (κ2) is 52.2. The Hall–Kier alpha value is -11.9. The summed E-state index contributed by atoms with van der Waals surface area (Å²) in [6.45, 7) is 4.72. The Labute approximate surface area is 883 Å². The van der Waals surface area contributed by atoms with Gasteiger partial charge in [-0.05, 0) is 165 Å². The molecule has 11 heterocycles. The number of hydrogen-bond acceptors (Lipinski definition) is 23. The van der Waals surface area contributed by atoms with Crippen LogP contribution in [-0.4, -0.2) is 237 Å². The zero-order valence-electron chi connectivity index (χ0n) is 83.9. The molecule has 3 atom stereocenters. The Kier molecular flexibility index (Phi) is 38.5. The van der Waals surface area contributed by atoms with Crippen molar-refractivity contribution < 1.29 is 69.0 Å². The van der Waals surface area contributed by atoms with Crippen LogP contribution in [-0.2, 0) is 38.2 Å². The number of halogens is 9. The molecule has 149 heavy (non-hydrogen) atoms. The predicted molar refractivity (Wildman–Crippen MR) is 564 cm³/mol. The molecule has 8 aromatic heterocycles. The van der Waals surface area contributed by atoms with Crippen molar-refractivity contribution in [3.8, 4) is 56.5 Å². The lowest BCUT2D eigenvalue weighted by atomic mass is 10.0. The molecule has 0 radical (unpaired) electrons. The van der Waals surface area contributed by atoms with Gasteiger partial charge in [0.2, 0.25) is 24.6 Å². The summed E-state index contributed by atoms with van der Waals surface area (Å²) >= 11 is 17.4. The normalized spacial score (nSPS) is 17.4. The second-order valence-corrected chi connectivity index (χ2v) is 42.7. The molecule has 4 saturated carbocycles. The fourth-order valence-electron chi connectivity index (χ4n) is 21.1. The van der Waals surface area contributed by atoms with E-state index >= 15 is 0 Å². The topological polar surface area (TPSA) is 328 Å². The molecule has 31 nitrogen and oxygen atoms in total. The van der Waals surface area contributed by atoms with Crippen LogP contribution in [0.25, 0.3) is 45.0 Å². The number of likely N-dealkylation sites (tertiary alicyclic amines) is 3. The molecule has 0 unspecified atom stereocenters. The number of thiazole rings is 3. The number of alkyl halides is 7. The lowest BCUT2D eigenvalue weighted by Crippen LogP contribution is -2.46. The number of methoxy groups -OCH3 is 2. The smallest absolute Gasteiger partial charge is 0.417 e. The van der Waals surface area contributed by atoms with Gasteiger partial charge in [0.1, 0.15) is 23.7 Å². The number of nitrogens with zero attached hydrogens (tertiary/aromatic N) is 19. The van der Waals surface area contributed by atoms with Crippen molar-refractivity contribution in [3.63, 3.8) is 0 Å². The molecule has 796 valence electrons. The molecule has 3 aliphatic heterocycles. The summed E-state index contributed by atoms with van der Waals surface area (Å²) in [6, 6.07) is 33.0. The van der Waals surface area contributed by atoms with Crippen molar-refractivity contribution in [1.82, 2.24) is 94.6 Å².